The average molecular weight is 501 g/mol. The van der Waals surface area contributed by atoms with E-state index in [0.29, 0.717) is 62.0 Å². The van der Waals surface area contributed by atoms with Gasteiger partial charge in [-0.3, -0.25) is 9.69 Å². The maximum Gasteiger partial charge on any atom is 0.410 e. The molecule has 1 aliphatic heterocycles. The van der Waals surface area contributed by atoms with Gasteiger partial charge in [0.2, 0.25) is 0 Å². The summed E-state index contributed by atoms with van der Waals surface area (Å²) < 4.78 is 26.6. The first kappa shape index (κ1) is 26.1. The van der Waals surface area contributed by atoms with Gasteiger partial charge in [-0.15, -0.1) is 0 Å². The topological polar surface area (TPSA) is 76.9 Å². The molecule has 1 saturated heterocycles. The molecule has 1 amide bonds. The van der Waals surface area contributed by atoms with Crippen LogP contribution in [0, 0.1) is 11.7 Å². The smallest absolute Gasteiger partial charge is 0.410 e. The van der Waals surface area contributed by atoms with Gasteiger partial charge in [0.25, 0.3) is 5.56 Å². The zero-order chi connectivity index (χ0) is 25.9. The van der Waals surface area contributed by atoms with Crippen LogP contribution < -0.4 is 10.3 Å². The van der Waals surface area contributed by atoms with Gasteiger partial charge in [0.05, 0.1) is 12.8 Å². The highest BCUT2D eigenvalue weighted by molar-refractivity contribution is 5.68. The van der Waals surface area contributed by atoms with Crippen LogP contribution in [0.2, 0.25) is 0 Å². The van der Waals surface area contributed by atoms with Crippen molar-refractivity contribution in [2.45, 2.75) is 65.1 Å². The summed E-state index contributed by atoms with van der Waals surface area (Å²) in [6, 6.07) is 6.51. The highest BCUT2D eigenvalue weighted by atomic mass is 19.1. The van der Waals surface area contributed by atoms with Crippen LogP contribution in [-0.2, 0) is 17.8 Å². The number of nitrogens with zero attached hydrogens (tertiary/aromatic N) is 4. The van der Waals surface area contributed by atoms with E-state index in [0.717, 1.165) is 12.8 Å². The van der Waals surface area contributed by atoms with Gasteiger partial charge in [0, 0.05) is 50.4 Å². The number of rotatable bonds is 6. The lowest BCUT2D eigenvalue weighted by molar-refractivity contribution is 0.0138. The summed E-state index contributed by atoms with van der Waals surface area (Å²) in [5.74, 6) is 0.134. The number of hydrogen-bond donors (Lipinski definition) is 0. The van der Waals surface area contributed by atoms with Crippen molar-refractivity contribution in [2.24, 2.45) is 5.92 Å². The summed E-state index contributed by atoms with van der Waals surface area (Å²) in [6.07, 6.45) is 4.23. The van der Waals surface area contributed by atoms with E-state index in [1.165, 1.54) is 26.0 Å². The lowest BCUT2D eigenvalue weighted by Crippen LogP contribution is -2.50. The Labute approximate surface area is 212 Å². The van der Waals surface area contributed by atoms with E-state index in [2.05, 4.69) is 10.00 Å². The van der Waals surface area contributed by atoms with Gasteiger partial charge in [-0.2, -0.15) is 5.10 Å². The van der Waals surface area contributed by atoms with Crippen LogP contribution in [0.15, 0.2) is 29.1 Å². The third-order valence-corrected chi connectivity index (χ3v) is 6.82. The highest BCUT2D eigenvalue weighted by Crippen LogP contribution is 2.27. The molecule has 0 bridgehead atoms. The molecule has 196 valence electrons. The molecule has 4 rings (SSSR count). The zero-order valence-electron chi connectivity index (χ0n) is 21.8. The van der Waals surface area contributed by atoms with Crippen LogP contribution in [0.1, 0.15) is 52.0 Å². The third-order valence-electron chi connectivity index (χ3n) is 6.82. The first-order chi connectivity index (χ1) is 17.1. The van der Waals surface area contributed by atoms with Gasteiger partial charge < -0.3 is 14.4 Å². The Kier molecular flexibility index (Phi) is 7.97. The summed E-state index contributed by atoms with van der Waals surface area (Å²) in [5, 5.41) is 4.63. The SMILES string of the molecule is COc1ccc(-c2cc(CN3CCN(C(=O)OC(C)(C)C)CC3)c(=O)n(CC3CCCC3)n2)cc1F. The molecule has 1 aromatic heterocycles. The van der Waals surface area contributed by atoms with Crippen LogP contribution in [0.25, 0.3) is 11.3 Å². The van der Waals surface area contributed by atoms with E-state index in [1.54, 1.807) is 27.8 Å². The molecule has 36 heavy (non-hydrogen) atoms. The molecule has 0 spiro atoms. The summed E-state index contributed by atoms with van der Waals surface area (Å²) in [4.78, 5) is 29.7. The zero-order valence-corrected chi connectivity index (χ0v) is 21.8. The van der Waals surface area contributed by atoms with Crippen LogP contribution in [0.4, 0.5) is 9.18 Å². The number of aromatic nitrogens is 2. The Morgan fingerprint density at radius 2 is 1.81 bits per heavy atom. The van der Waals surface area contributed by atoms with Crippen molar-refractivity contribution in [3.05, 3.63) is 46.0 Å². The summed E-state index contributed by atoms with van der Waals surface area (Å²) in [7, 11) is 1.43. The molecule has 1 saturated carbocycles. The van der Waals surface area contributed by atoms with Crippen LogP contribution in [0.3, 0.4) is 0 Å². The molecule has 0 atom stereocenters. The number of piperazine rings is 1. The molecule has 2 aromatic rings. The molecule has 0 N–H and O–H groups in total. The number of amides is 1. The second-order valence-electron chi connectivity index (χ2n) is 10.8. The van der Waals surface area contributed by atoms with Crippen molar-refractivity contribution >= 4 is 6.09 Å². The van der Waals surface area contributed by atoms with E-state index in [9.17, 15) is 14.0 Å². The molecular formula is C27H37FN4O4. The van der Waals surface area contributed by atoms with E-state index >= 15 is 0 Å². The second kappa shape index (κ2) is 11.0. The van der Waals surface area contributed by atoms with Crippen LogP contribution in [-0.4, -0.2) is 64.6 Å². The van der Waals surface area contributed by atoms with Gasteiger partial charge in [-0.25, -0.2) is 13.9 Å². The van der Waals surface area contributed by atoms with Crippen molar-refractivity contribution in [2.75, 3.05) is 33.3 Å². The van der Waals surface area contributed by atoms with Crippen molar-refractivity contribution in [3.8, 4) is 17.0 Å². The maximum absolute atomic E-state index is 14.4. The molecule has 2 heterocycles. The van der Waals surface area contributed by atoms with E-state index in [4.69, 9.17) is 9.47 Å². The molecule has 0 radical (unpaired) electrons. The largest absolute Gasteiger partial charge is 0.494 e. The van der Waals surface area contributed by atoms with Crippen molar-refractivity contribution in [1.29, 1.82) is 0 Å². The number of methoxy groups -OCH3 is 1. The first-order valence-electron chi connectivity index (χ1n) is 12.8. The van der Waals surface area contributed by atoms with Gasteiger partial charge in [0.15, 0.2) is 11.6 Å². The van der Waals surface area contributed by atoms with Crippen LogP contribution in [0.5, 0.6) is 5.75 Å². The second-order valence-corrected chi connectivity index (χ2v) is 10.8. The van der Waals surface area contributed by atoms with E-state index in [1.807, 2.05) is 20.8 Å². The Balaban J connectivity index is 1.55. The number of benzene rings is 1. The summed E-state index contributed by atoms with van der Waals surface area (Å²) >= 11 is 0. The standard InChI is InChI=1S/C27H37FN4O4/c1-27(2,3)36-26(34)31-13-11-30(12-14-31)18-21-16-23(20-9-10-24(35-4)22(28)15-20)29-32(25(21)33)17-19-7-5-6-8-19/h9-10,15-16,19H,5-8,11-14,17-18H2,1-4H3. The molecule has 1 aliphatic carbocycles. The minimum atomic E-state index is -0.535. The average Bonchev–Trinajstić information content (AvgIpc) is 3.34. The van der Waals surface area contributed by atoms with E-state index in [-0.39, 0.29) is 17.4 Å². The normalized spacial score (nSPS) is 17.4. The number of halogens is 1. The van der Waals surface area contributed by atoms with Gasteiger partial charge in [-0.05, 0) is 63.8 Å². The number of carbonyl (C=O) groups is 1. The summed E-state index contributed by atoms with van der Waals surface area (Å²) in [6.45, 7) is 8.92. The first-order valence-corrected chi connectivity index (χ1v) is 12.8. The third kappa shape index (κ3) is 6.43. The molecule has 2 fully saturated rings. The predicted octanol–water partition coefficient (Wildman–Crippen LogP) is 4.30. The maximum atomic E-state index is 14.4. The number of ether oxygens (including phenoxy) is 2. The van der Waals surface area contributed by atoms with Crippen LogP contribution >= 0.6 is 0 Å². The van der Waals surface area contributed by atoms with Gasteiger partial charge >= 0.3 is 6.09 Å². The minimum Gasteiger partial charge on any atom is -0.494 e. The van der Waals surface area contributed by atoms with Crippen molar-refractivity contribution < 1.29 is 18.7 Å². The Bertz CT molecular complexity index is 1130. The molecular weight excluding hydrogens is 463 g/mol. The summed E-state index contributed by atoms with van der Waals surface area (Å²) in [5.41, 5.74) is 1.16. The minimum absolute atomic E-state index is 0.103. The monoisotopic (exact) mass is 500 g/mol. The lowest BCUT2D eigenvalue weighted by Gasteiger charge is -2.35. The molecule has 2 aliphatic rings. The molecule has 9 heteroatoms. The fourth-order valence-electron chi connectivity index (χ4n) is 4.89. The van der Waals surface area contributed by atoms with E-state index < -0.39 is 11.4 Å². The molecule has 0 unspecified atom stereocenters. The quantitative estimate of drug-likeness (QED) is 0.589. The molecule has 1 aromatic carbocycles. The highest BCUT2D eigenvalue weighted by Gasteiger charge is 2.27. The van der Waals surface area contributed by atoms with Gasteiger partial charge in [-0.1, -0.05) is 12.8 Å². The Hall–Kier alpha value is -2.94. The molecule has 8 nitrogen and oxygen atoms in total. The fourth-order valence-corrected chi connectivity index (χ4v) is 4.89. The Morgan fingerprint density at radius 1 is 1.11 bits per heavy atom. The fraction of sp³-hybridized carbons (Fsp3) is 0.593. The predicted molar refractivity (Wildman–Crippen MR) is 135 cm³/mol. The lowest BCUT2D eigenvalue weighted by atomic mass is 10.1. The van der Waals surface area contributed by atoms with Crippen molar-refractivity contribution in [3.63, 3.8) is 0 Å². The van der Waals surface area contributed by atoms with Crippen molar-refractivity contribution in [1.82, 2.24) is 19.6 Å². The number of carbonyl (C=O) groups excluding carboxylic acids is 1. The Morgan fingerprint density at radius 3 is 2.42 bits per heavy atom. The van der Waals surface area contributed by atoms with Gasteiger partial charge in [0.1, 0.15) is 5.60 Å². The number of hydrogen-bond acceptors (Lipinski definition) is 6.